The number of halogens is 1. The van der Waals surface area contributed by atoms with Crippen LogP contribution in [-0.4, -0.2) is 37.8 Å². The molecule has 3 aromatic carbocycles. The number of amides is 2. The van der Waals surface area contributed by atoms with Gasteiger partial charge in [-0.15, -0.1) is 0 Å². The number of nitrogens with zero attached hydrogens (tertiary/aromatic N) is 1. The van der Waals surface area contributed by atoms with Gasteiger partial charge in [-0.05, 0) is 74.4 Å². The SMILES string of the molecule is CCOc1ccc(C(=O)N/N=C/c2cccc(OCC(=O)Nc3ccc(C)c(Cl)c3)c2)cc1OCC. The van der Waals surface area contributed by atoms with Crippen LogP contribution < -0.4 is 25.0 Å². The Hall–Kier alpha value is -4.04. The fraction of sp³-hybridized carbons (Fsp3) is 0.222. The maximum Gasteiger partial charge on any atom is 0.271 e. The summed E-state index contributed by atoms with van der Waals surface area (Å²) in [6.45, 7) is 6.38. The van der Waals surface area contributed by atoms with Crippen LogP contribution in [0.4, 0.5) is 5.69 Å². The lowest BCUT2D eigenvalue weighted by atomic mass is 10.2. The Labute approximate surface area is 215 Å². The Morgan fingerprint density at radius 1 is 0.944 bits per heavy atom. The van der Waals surface area contributed by atoms with Gasteiger partial charge in [0.25, 0.3) is 11.8 Å². The molecule has 8 nitrogen and oxygen atoms in total. The molecule has 0 aliphatic rings. The summed E-state index contributed by atoms with van der Waals surface area (Å²) in [7, 11) is 0. The highest BCUT2D eigenvalue weighted by Crippen LogP contribution is 2.28. The van der Waals surface area contributed by atoms with Gasteiger partial charge in [-0.3, -0.25) is 9.59 Å². The molecule has 0 saturated carbocycles. The lowest BCUT2D eigenvalue weighted by molar-refractivity contribution is -0.118. The minimum absolute atomic E-state index is 0.178. The molecule has 0 spiro atoms. The minimum atomic E-state index is -0.393. The zero-order valence-electron chi connectivity index (χ0n) is 20.3. The first-order valence-corrected chi connectivity index (χ1v) is 11.8. The van der Waals surface area contributed by atoms with Crippen molar-refractivity contribution < 1.29 is 23.8 Å². The average Bonchev–Trinajstić information content (AvgIpc) is 2.86. The molecular formula is C27H28ClN3O5. The van der Waals surface area contributed by atoms with Crippen LogP contribution in [0.25, 0.3) is 0 Å². The second-order valence-electron chi connectivity index (χ2n) is 7.60. The van der Waals surface area contributed by atoms with Crippen molar-refractivity contribution in [2.24, 2.45) is 5.10 Å². The Bertz CT molecular complexity index is 1250. The van der Waals surface area contributed by atoms with E-state index in [0.717, 1.165) is 5.56 Å². The summed E-state index contributed by atoms with van der Waals surface area (Å²) in [6.07, 6.45) is 1.48. The van der Waals surface area contributed by atoms with Crippen molar-refractivity contribution in [3.63, 3.8) is 0 Å². The van der Waals surface area contributed by atoms with Gasteiger partial charge in [0.05, 0.1) is 19.4 Å². The topological polar surface area (TPSA) is 98.3 Å². The van der Waals surface area contributed by atoms with E-state index in [1.54, 1.807) is 54.6 Å². The summed E-state index contributed by atoms with van der Waals surface area (Å²) in [6, 6.07) is 17.2. The third kappa shape index (κ3) is 7.74. The number of aryl methyl sites for hydroxylation is 1. The third-order valence-corrected chi connectivity index (χ3v) is 5.28. The first kappa shape index (κ1) is 26.6. The summed E-state index contributed by atoms with van der Waals surface area (Å²) in [5, 5.41) is 7.33. The van der Waals surface area contributed by atoms with E-state index in [1.165, 1.54) is 6.21 Å². The second kappa shape index (κ2) is 13.2. The second-order valence-corrected chi connectivity index (χ2v) is 8.01. The van der Waals surface area contributed by atoms with E-state index in [9.17, 15) is 9.59 Å². The van der Waals surface area contributed by atoms with Crippen molar-refractivity contribution in [3.8, 4) is 17.2 Å². The van der Waals surface area contributed by atoms with E-state index in [-0.39, 0.29) is 12.5 Å². The molecule has 3 rings (SSSR count). The highest BCUT2D eigenvalue weighted by Gasteiger charge is 2.11. The predicted octanol–water partition coefficient (Wildman–Crippen LogP) is 5.23. The number of benzene rings is 3. The Balaban J connectivity index is 1.54. The third-order valence-electron chi connectivity index (χ3n) is 4.87. The lowest BCUT2D eigenvalue weighted by Crippen LogP contribution is -2.20. The molecule has 0 fully saturated rings. The smallest absolute Gasteiger partial charge is 0.271 e. The van der Waals surface area contributed by atoms with Crippen molar-refractivity contribution in [2.45, 2.75) is 20.8 Å². The number of hydrogen-bond acceptors (Lipinski definition) is 6. The molecule has 0 aromatic heterocycles. The highest BCUT2D eigenvalue weighted by molar-refractivity contribution is 6.31. The number of hydrogen-bond donors (Lipinski definition) is 2. The molecule has 2 amide bonds. The zero-order chi connectivity index (χ0) is 25.9. The minimum Gasteiger partial charge on any atom is -0.490 e. The largest absolute Gasteiger partial charge is 0.490 e. The van der Waals surface area contributed by atoms with Crippen LogP contribution >= 0.6 is 11.6 Å². The lowest BCUT2D eigenvalue weighted by Gasteiger charge is -2.11. The zero-order valence-corrected chi connectivity index (χ0v) is 21.1. The van der Waals surface area contributed by atoms with Gasteiger partial charge >= 0.3 is 0 Å². The first-order chi connectivity index (χ1) is 17.4. The molecule has 188 valence electrons. The molecule has 0 aliphatic heterocycles. The normalized spacial score (nSPS) is 10.7. The number of carbonyl (C=O) groups excluding carboxylic acids is 2. The van der Waals surface area contributed by atoms with E-state index in [4.69, 9.17) is 25.8 Å². The van der Waals surface area contributed by atoms with Gasteiger partial charge in [0.1, 0.15) is 5.75 Å². The quantitative estimate of drug-likeness (QED) is 0.272. The molecule has 0 radical (unpaired) electrons. The predicted molar refractivity (Wildman–Crippen MR) is 141 cm³/mol. The van der Waals surface area contributed by atoms with E-state index in [2.05, 4.69) is 15.8 Å². The number of carbonyl (C=O) groups is 2. The summed E-state index contributed by atoms with van der Waals surface area (Å²) in [5.74, 6) is 0.844. The molecule has 0 aliphatic carbocycles. The summed E-state index contributed by atoms with van der Waals surface area (Å²) in [4.78, 5) is 24.7. The molecule has 9 heteroatoms. The van der Waals surface area contributed by atoms with Gasteiger partial charge < -0.3 is 19.5 Å². The van der Waals surface area contributed by atoms with E-state index < -0.39 is 5.91 Å². The van der Waals surface area contributed by atoms with Crippen LogP contribution in [0.5, 0.6) is 17.2 Å². The van der Waals surface area contributed by atoms with Crippen molar-refractivity contribution in [3.05, 3.63) is 82.4 Å². The van der Waals surface area contributed by atoms with Gasteiger partial charge in [0.2, 0.25) is 0 Å². The highest BCUT2D eigenvalue weighted by atomic mass is 35.5. The molecule has 0 saturated heterocycles. The fourth-order valence-corrected chi connectivity index (χ4v) is 3.30. The number of ether oxygens (including phenoxy) is 3. The summed E-state index contributed by atoms with van der Waals surface area (Å²) >= 11 is 6.09. The van der Waals surface area contributed by atoms with E-state index in [0.29, 0.717) is 52.3 Å². The molecule has 0 unspecified atom stereocenters. The molecule has 2 N–H and O–H groups in total. The van der Waals surface area contributed by atoms with Crippen LogP contribution in [0.3, 0.4) is 0 Å². The number of hydrazone groups is 1. The van der Waals surface area contributed by atoms with Gasteiger partial charge in [-0.1, -0.05) is 29.8 Å². The van der Waals surface area contributed by atoms with Gasteiger partial charge in [0.15, 0.2) is 18.1 Å². The molecular weight excluding hydrogens is 482 g/mol. The molecule has 0 bridgehead atoms. The average molecular weight is 510 g/mol. The van der Waals surface area contributed by atoms with Crippen molar-refractivity contribution >= 4 is 35.3 Å². The Morgan fingerprint density at radius 3 is 2.47 bits per heavy atom. The number of rotatable bonds is 11. The van der Waals surface area contributed by atoms with Crippen LogP contribution in [0.1, 0.15) is 35.3 Å². The summed E-state index contributed by atoms with van der Waals surface area (Å²) < 4.78 is 16.7. The number of nitrogens with one attached hydrogen (secondary N) is 2. The molecule has 3 aromatic rings. The molecule has 0 atom stereocenters. The van der Waals surface area contributed by atoms with Gasteiger partial charge in [-0.2, -0.15) is 5.10 Å². The summed E-state index contributed by atoms with van der Waals surface area (Å²) in [5.41, 5.74) is 5.08. The first-order valence-electron chi connectivity index (χ1n) is 11.4. The maximum atomic E-state index is 12.5. The van der Waals surface area contributed by atoms with Crippen molar-refractivity contribution in [1.29, 1.82) is 0 Å². The molecule has 0 heterocycles. The van der Waals surface area contributed by atoms with E-state index >= 15 is 0 Å². The number of anilines is 1. The van der Waals surface area contributed by atoms with Gasteiger partial charge in [0, 0.05) is 16.3 Å². The Morgan fingerprint density at radius 2 is 1.72 bits per heavy atom. The molecule has 36 heavy (non-hydrogen) atoms. The standard InChI is InChI=1S/C27H28ClN3O5/c1-4-34-24-12-10-20(14-25(24)35-5-2)27(33)31-29-16-19-7-6-8-22(13-19)36-17-26(32)30-21-11-9-18(3)23(28)15-21/h6-16H,4-5,17H2,1-3H3,(H,30,32)(H,31,33)/b29-16+. The van der Waals surface area contributed by atoms with E-state index in [1.807, 2.05) is 26.8 Å². The van der Waals surface area contributed by atoms with Crippen molar-refractivity contribution in [1.82, 2.24) is 5.43 Å². The van der Waals surface area contributed by atoms with Gasteiger partial charge in [-0.25, -0.2) is 5.43 Å². The van der Waals surface area contributed by atoms with Crippen molar-refractivity contribution in [2.75, 3.05) is 25.1 Å². The maximum absolute atomic E-state index is 12.5. The van der Waals surface area contributed by atoms with Crippen LogP contribution in [0.2, 0.25) is 5.02 Å². The van der Waals surface area contributed by atoms with Crippen LogP contribution in [0, 0.1) is 6.92 Å². The van der Waals surface area contributed by atoms with Crippen LogP contribution in [0.15, 0.2) is 65.8 Å². The monoisotopic (exact) mass is 509 g/mol. The van der Waals surface area contributed by atoms with Crippen LogP contribution in [-0.2, 0) is 4.79 Å². The fourth-order valence-electron chi connectivity index (χ4n) is 3.12. The Kier molecular flexibility index (Phi) is 9.71.